The molecule has 4 heteroatoms. The van der Waals surface area contributed by atoms with Crippen LogP contribution in [0.1, 0.15) is 27.7 Å². The molecule has 114 valence electrons. The number of halogens is 1. The van der Waals surface area contributed by atoms with Gasteiger partial charge in [-0.1, -0.05) is 31.5 Å². The summed E-state index contributed by atoms with van der Waals surface area (Å²) in [5.41, 5.74) is 0. The molecule has 2 atom stereocenters. The van der Waals surface area contributed by atoms with Crippen LogP contribution >= 0.6 is 11.6 Å². The van der Waals surface area contributed by atoms with E-state index in [1.165, 1.54) is 0 Å². The zero-order valence-electron chi connectivity index (χ0n) is 12.9. The molecule has 1 rings (SSSR count). The predicted molar refractivity (Wildman–Crippen MR) is 86.7 cm³/mol. The topological polar surface area (TPSA) is 33.3 Å². The van der Waals surface area contributed by atoms with E-state index < -0.39 is 0 Å². The first-order chi connectivity index (χ1) is 9.47. The number of nitrogens with one attached hydrogen (secondary N) is 2. The maximum atomic E-state index is 5.93. The lowest BCUT2D eigenvalue weighted by atomic mass is 10.2. The van der Waals surface area contributed by atoms with Crippen LogP contribution in [-0.4, -0.2) is 31.8 Å². The maximum absolute atomic E-state index is 5.93. The van der Waals surface area contributed by atoms with Crippen molar-refractivity contribution < 1.29 is 4.74 Å². The predicted octanol–water partition coefficient (Wildman–Crippen LogP) is 3.33. The molecule has 0 amide bonds. The highest BCUT2D eigenvalue weighted by Crippen LogP contribution is 2.18. The Labute approximate surface area is 128 Å². The standard InChI is InChI=1S/C16H27ClN2O/c1-12(2)9-18-10-13(3)19-11-14(4)20-16-7-5-6-15(17)8-16/h5-8,12-14,18-19H,9-11H2,1-4H3. The van der Waals surface area contributed by atoms with Crippen molar-refractivity contribution in [3.05, 3.63) is 29.3 Å². The minimum atomic E-state index is 0.112. The van der Waals surface area contributed by atoms with Gasteiger partial charge in [0.2, 0.25) is 0 Å². The highest BCUT2D eigenvalue weighted by atomic mass is 35.5. The van der Waals surface area contributed by atoms with Crippen molar-refractivity contribution >= 4 is 11.6 Å². The zero-order chi connectivity index (χ0) is 15.0. The van der Waals surface area contributed by atoms with Crippen LogP contribution in [0, 0.1) is 5.92 Å². The van der Waals surface area contributed by atoms with Gasteiger partial charge in [-0.15, -0.1) is 0 Å². The Hall–Kier alpha value is -0.770. The van der Waals surface area contributed by atoms with Crippen LogP contribution in [0.3, 0.4) is 0 Å². The molecule has 0 aromatic heterocycles. The van der Waals surface area contributed by atoms with Gasteiger partial charge in [-0.25, -0.2) is 0 Å². The Morgan fingerprint density at radius 1 is 1.10 bits per heavy atom. The van der Waals surface area contributed by atoms with E-state index in [1.54, 1.807) is 0 Å². The monoisotopic (exact) mass is 298 g/mol. The minimum absolute atomic E-state index is 0.112. The van der Waals surface area contributed by atoms with E-state index in [9.17, 15) is 0 Å². The molecule has 1 aromatic carbocycles. The van der Waals surface area contributed by atoms with E-state index in [-0.39, 0.29) is 6.10 Å². The molecule has 20 heavy (non-hydrogen) atoms. The Balaban J connectivity index is 2.20. The van der Waals surface area contributed by atoms with Crippen LogP contribution in [0.2, 0.25) is 5.02 Å². The molecular weight excluding hydrogens is 272 g/mol. The lowest BCUT2D eigenvalue weighted by Gasteiger charge is -2.20. The average molecular weight is 299 g/mol. The molecule has 0 bridgehead atoms. The lowest BCUT2D eigenvalue weighted by Crippen LogP contribution is -2.41. The van der Waals surface area contributed by atoms with Crippen molar-refractivity contribution in [1.82, 2.24) is 10.6 Å². The number of benzene rings is 1. The van der Waals surface area contributed by atoms with Gasteiger partial charge in [-0.2, -0.15) is 0 Å². The molecule has 0 aliphatic heterocycles. The molecule has 0 saturated carbocycles. The first-order valence-corrected chi connectivity index (χ1v) is 7.71. The lowest BCUT2D eigenvalue weighted by molar-refractivity contribution is 0.212. The van der Waals surface area contributed by atoms with Crippen molar-refractivity contribution in [2.24, 2.45) is 5.92 Å². The average Bonchev–Trinajstić information content (AvgIpc) is 2.36. The van der Waals surface area contributed by atoms with Gasteiger partial charge in [-0.05, 0) is 44.5 Å². The van der Waals surface area contributed by atoms with Gasteiger partial charge < -0.3 is 15.4 Å². The molecule has 0 aliphatic carbocycles. The molecule has 2 N–H and O–H groups in total. The van der Waals surface area contributed by atoms with Crippen LogP contribution in [0.15, 0.2) is 24.3 Å². The summed E-state index contributed by atoms with van der Waals surface area (Å²) in [6.45, 7) is 11.5. The summed E-state index contributed by atoms with van der Waals surface area (Å²) in [7, 11) is 0. The Kier molecular flexibility index (Phi) is 7.97. The first kappa shape index (κ1) is 17.3. The molecular formula is C16H27ClN2O. The normalized spacial score (nSPS) is 14.3. The van der Waals surface area contributed by atoms with E-state index in [0.717, 1.165) is 25.4 Å². The van der Waals surface area contributed by atoms with Gasteiger partial charge >= 0.3 is 0 Å². The van der Waals surface area contributed by atoms with Crippen LogP contribution in [0.25, 0.3) is 0 Å². The van der Waals surface area contributed by atoms with Crippen LogP contribution in [0.4, 0.5) is 0 Å². The van der Waals surface area contributed by atoms with Gasteiger partial charge in [0, 0.05) is 24.2 Å². The first-order valence-electron chi connectivity index (χ1n) is 7.33. The van der Waals surface area contributed by atoms with Crippen LogP contribution in [0.5, 0.6) is 5.75 Å². The highest BCUT2D eigenvalue weighted by Gasteiger charge is 2.07. The van der Waals surface area contributed by atoms with E-state index in [2.05, 4.69) is 38.3 Å². The molecule has 0 saturated heterocycles. The van der Waals surface area contributed by atoms with E-state index >= 15 is 0 Å². The van der Waals surface area contributed by atoms with E-state index in [4.69, 9.17) is 16.3 Å². The second-order valence-corrected chi connectivity index (χ2v) is 6.18. The fourth-order valence-corrected chi connectivity index (χ4v) is 2.02. The maximum Gasteiger partial charge on any atom is 0.121 e. The second-order valence-electron chi connectivity index (χ2n) is 5.75. The minimum Gasteiger partial charge on any atom is -0.489 e. The zero-order valence-corrected chi connectivity index (χ0v) is 13.7. The third-order valence-electron chi connectivity index (χ3n) is 2.89. The quantitative estimate of drug-likeness (QED) is 0.734. The van der Waals surface area contributed by atoms with Gasteiger partial charge in [0.15, 0.2) is 0 Å². The van der Waals surface area contributed by atoms with Gasteiger partial charge in [-0.3, -0.25) is 0 Å². The molecule has 1 aromatic rings. The van der Waals surface area contributed by atoms with Crippen LogP contribution < -0.4 is 15.4 Å². The Morgan fingerprint density at radius 2 is 1.85 bits per heavy atom. The number of hydrogen-bond acceptors (Lipinski definition) is 3. The molecule has 3 nitrogen and oxygen atoms in total. The van der Waals surface area contributed by atoms with Gasteiger partial charge in [0.25, 0.3) is 0 Å². The van der Waals surface area contributed by atoms with E-state index in [1.807, 2.05) is 24.3 Å². The second kappa shape index (κ2) is 9.22. The van der Waals surface area contributed by atoms with E-state index in [0.29, 0.717) is 17.0 Å². The van der Waals surface area contributed by atoms with Crippen molar-refractivity contribution in [3.63, 3.8) is 0 Å². The summed E-state index contributed by atoms with van der Waals surface area (Å²) in [6.07, 6.45) is 0.112. The largest absolute Gasteiger partial charge is 0.489 e. The number of hydrogen-bond donors (Lipinski definition) is 2. The van der Waals surface area contributed by atoms with Crippen LogP contribution in [-0.2, 0) is 0 Å². The fraction of sp³-hybridized carbons (Fsp3) is 0.625. The number of rotatable bonds is 9. The summed E-state index contributed by atoms with van der Waals surface area (Å²) in [4.78, 5) is 0. The van der Waals surface area contributed by atoms with Crippen molar-refractivity contribution in [1.29, 1.82) is 0 Å². The van der Waals surface area contributed by atoms with Gasteiger partial charge in [0.05, 0.1) is 0 Å². The summed E-state index contributed by atoms with van der Waals surface area (Å²) >= 11 is 5.93. The molecule has 0 heterocycles. The van der Waals surface area contributed by atoms with Crippen molar-refractivity contribution in [2.45, 2.75) is 39.8 Å². The third-order valence-corrected chi connectivity index (χ3v) is 3.13. The molecule has 0 radical (unpaired) electrons. The molecule has 0 fully saturated rings. The third kappa shape index (κ3) is 7.73. The summed E-state index contributed by atoms with van der Waals surface area (Å²) in [6, 6.07) is 7.94. The molecule has 0 spiro atoms. The number of ether oxygens (including phenoxy) is 1. The fourth-order valence-electron chi connectivity index (χ4n) is 1.84. The SMILES string of the molecule is CC(C)CNCC(C)NCC(C)Oc1cccc(Cl)c1. The summed E-state index contributed by atoms with van der Waals surface area (Å²) < 4.78 is 5.82. The Morgan fingerprint density at radius 3 is 2.50 bits per heavy atom. The molecule has 2 unspecified atom stereocenters. The molecule has 0 aliphatic rings. The highest BCUT2D eigenvalue weighted by molar-refractivity contribution is 6.30. The van der Waals surface area contributed by atoms with Gasteiger partial charge in [0.1, 0.15) is 11.9 Å². The van der Waals surface area contributed by atoms with Crippen molar-refractivity contribution in [3.8, 4) is 5.75 Å². The Bertz CT molecular complexity index is 384. The smallest absolute Gasteiger partial charge is 0.121 e. The summed E-state index contributed by atoms with van der Waals surface area (Å²) in [5.74, 6) is 1.50. The van der Waals surface area contributed by atoms with Crippen molar-refractivity contribution in [2.75, 3.05) is 19.6 Å². The summed E-state index contributed by atoms with van der Waals surface area (Å²) in [5, 5.41) is 7.62.